The van der Waals surface area contributed by atoms with Gasteiger partial charge in [-0.2, -0.15) is 0 Å². The summed E-state index contributed by atoms with van der Waals surface area (Å²) in [6.45, 7) is 6.62. The van der Waals surface area contributed by atoms with Gasteiger partial charge in [-0.05, 0) is 30.2 Å². The summed E-state index contributed by atoms with van der Waals surface area (Å²) in [5.74, 6) is -2.25. The highest BCUT2D eigenvalue weighted by molar-refractivity contribution is 6.32. The van der Waals surface area contributed by atoms with Crippen LogP contribution in [-0.4, -0.2) is 61.5 Å². The average molecular weight is 577 g/mol. The molecule has 1 fully saturated rings. The van der Waals surface area contributed by atoms with Gasteiger partial charge in [0.1, 0.15) is 18.5 Å². The molecule has 10 nitrogen and oxygen atoms in total. The van der Waals surface area contributed by atoms with Gasteiger partial charge in [0, 0.05) is 34.1 Å². The lowest BCUT2D eigenvalue weighted by Gasteiger charge is -2.51. The molecule has 2 aromatic carbocycles. The quantitative estimate of drug-likeness (QED) is 0.303. The topological polar surface area (TPSA) is 124 Å². The van der Waals surface area contributed by atoms with Crippen LogP contribution in [0, 0.1) is 0 Å². The van der Waals surface area contributed by atoms with Crippen LogP contribution in [0.15, 0.2) is 48.5 Å². The van der Waals surface area contributed by atoms with Crippen molar-refractivity contribution in [2.45, 2.75) is 71.1 Å². The predicted molar refractivity (Wildman–Crippen MR) is 143 cm³/mol. The van der Waals surface area contributed by atoms with E-state index in [0.29, 0.717) is 28.5 Å². The maximum absolute atomic E-state index is 12.4. The lowest BCUT2D eigenvalue weighted by atomic mass is 9.78. The van der Waals surface area contributed by atoms with Gasteiger partial charge in [0.05, 0.1) is 11.6 Å². The summed E-state index contributed by atoms with van der Waals surface area (Å²) in [6, 6.07) is 13.8. The Bertz CT molecular complexity index is 1220. The molecule has 0 bridgehead atoms. The second kappa shape index (κ2) is 13.6. The Balaban J connectivity index is 2.23. The number of carbonyl (C=O) groups is 4. The Morgan fingerprint density at radius 3 is 2.05 bits per heavy atom. The fourth-order valence-electron chi connectivity index (χ4n) is 4.74. The molecule has 0 saturated carbocycles. The summed E-state index contributed by atoms with van der Waals surface area (Å²) < 4.78 is 34.8. The summed E-state index contributed by atoms with van der Waals surface area (Å²) in [5, 5.41) is 0.410. The molecule has 0 amide bonds. The van der Waals surface area contributed by atoms with Crippen molar-refractivity contribution in [3.05, 3.63) is 64.7 Å². The van der Waals surface area contributed by atoms with Gasteiger partial charge in [-0.25, -0.2) is 0 Å². The first-order valence-corrected chi connectivity index (χ1v) is 13.1. The van der Waals surface area contributed by atoms with Gasteiger partial charge >= 0.3 is 23.9 Å². The molecule has 0 radical (unpaired) electrons. The smallest absolute Gasteiger partial charge is 0.303 e. The summed E-state index contributed by atoms with van der Waals surface area (Å²) >= 11 is 6.28. The summed E-state index contributed by atoms with van der Waals surface area (Å²) in [4.78, 5) is 49.0. The van der Waals surface area contributed by atoms with Crippen LogP contribution in [0.2, 0.25) is 5.02 Å². The van der Waals surface area contributed by atoms with E-state index in [2.05, 4.69) is 0 Å². The minimum absolute atomic E-state index is 0.133. The molecule has 0 aliphatic carbocycles. The molecule has 0 unspecified atom stereocenters. The number of hydrogen-bond donors (Lipinski definition) is 0. The van der Waals surface area contributed by atoms with Crippen LogP contribution in [0.3, 0.4) is 0 Å². The van der Waals surface area contributed by atoms with Crippen LogP contribution >= 0.6 is 11.6 Å². The van der Waals surface area contributed by atoms with Gasteiger partial charge in [0.2, 0.25) is 0 Å². The first-order chi connectivity index (χ1) is 19.0. The fourth-order valence-corrected chi connectivity index (χ4v) is 4.91. The summed E-state index contributed by atoms with van der Waals surface area (Å²) in [6.07, 6.45) is -4.72. The molecule has 1 saturated heterocycles. The molecule has 5 atom stereocenters. The van der Waals surface area contributed by atoms with Crippen LogP contribution in [0.1, 0.15) is 45.7 Å². The average Bonchev–Trinajstić information content (AvgIpc) is 2.88. The zero-order chi connectivity index (χ0) is 29.4. The molecule has 0 N–H and O–H groups in total. The Morgan fingerprint density at radius 2 is 1.48 bits per heavy atom. The van der Waals surface area contributed by atoms with E-state index in [4.69, 9.17) is 40.0 Å². The lowest BCUT2D eigenvalue weighted by Crippen LogP contribution is -2.67. The Kier molecular flexibility index (Phi) is 10.5. The third-order valence-corrected chi connectivity index (χ3v) is 6.50. The standard InChI is InChI=1S/C29H33ClO10/c1-6-35-24-14-21(12-13-23(24)30)15-25-26(37-18(3)32)27(38-19(4)33)28(39-20(5)34)29(40-25,16-36-17(2)31)22-10-8-7-9-11-22/h7-14,25-28H,6,15-16H2,1-5H3/t25-,26-,27+,28+,29-/m0/s1. The fraction of sp³-hybridized carbons (Fsp3) is 0.448. The Labute approximate surface area is 237 Å². The van der Waals surface area contributed by atoms with E-state index in [1.54, 1.807) is 48.5 Å². The van der Waals surface area contributed by atoms with Crippen molar-refractivity contribution < 1.29 is 47.6 Å². The molecule has 3 rings (SSSR count). The Morgan fingerprint density at radius 1 is 0.850 bits per heavy atom. The maximum atomic E-state index is 12.4. The lowest BCUT2D eigenvalue weighted by molar-refractivity contribution is -0.294. The van der Waals surface area contributed by atoms with E-state index < -0.39 is 60.5 Å². The number of carbonyl (C=O) groups excluding carboxylic acids is 4. The SMILES string of the molecule is CCOc1cc(C[C@@H]2O[C@@](COC(C)=O)(c3ccccc3)[C@H](OC(C)=O)[C@H](OC(C)=O)[C@H]2OC(C)=O)ccc1Cl. The van der Waals surface area contributed by atoms with Gasteiger partial charge in [-0.15, -0.1) is 0 Å². The van der Waals surface area contributed by atoms with Crippen molar-refractivity contribution in [3.8, 4) is 5.75 Å². The number of benzene rings is 2. The second-order valence-electron chi connectivity index (χ2n) is 9.27. The number of hydrogen-bond acceptors (Lipinski definition) is 10. The van der Waals surface area contributed by atoms with Gasteiger partial charge in [-0.1, -0.05) is 48.0 Å². The van der Waals surface area contributed by atoms with E-state index in [0.717, 1.165) is 0 Å². The van der Waals surface area contributed by atoms with E-state index in [9.17, 15) is 19.2 Å². The van der Waals surface area contributed by atoms with Crippen LogP contribution in [0.25, 0.3) is 0 Å². The number of halogens is 1. The van der Waals surface area contributed by atoms with Gasteiger partial charge in [0.15, 0.2) is 23.9 Å². The predicted octanol–water partition coefficient (Wildman–Crippen LogP) is 3.93. The molecule has 0 aromatic heterocycles. The van der Waals surface area contributed by atoms with Crippen LogP contribution in [0.4, 0.5) is 0 Å². The zero-order valence-corrected chi connectivity index (χ0v) is 23.8. The molecule has 0 spiro atoms. The van der Waals surface area contributed by atoms with E-state index >= 15 is 0 Å². The van der Waals surface area contributed by atoms with E-state index in [1.165, 1.54) is 27.7 Å². The number of esters is 4. The van der Waals surface area contributed by atoms with Crippen LogP contribution in [0.5, 0.6) is 5.75 Å². The second-order valence-corrected chi connectivity index (χ2v) is 9.68. The van der Waals surface area contributed by atoms with Crippen molar-refractivity contribution in [3.63, 3.8) is 0 Å². The minimum atomic E-state index is -1.64. The Hall–Kier alpha value is -3.63. The minimum Gasteiger partial charge on any atom is -0.492 e. The monoisotopic (exact) mass is 576 g/mol. The van der Waals surface area contributed by atoms with Crippen molar-refractivity contribution >= 4 is 35.5 Å². The molecular formula is C29H33ClO10. The summed E-state index contributed by atoms with van der Waals surface area (Å²) in [7, 11) is 0. The van der Waals surface area contributed by atoms with Gasteiger partial charge in [-0.3, -0.25) is 19.2 Å². The van der Waals surface area contributed by atoms with Crippen molar-refractivity contribution in [2.24, 2.45) is 0 Å². The van der Waals surface area contributed by atoms with Gasteiger partial charge < -0.3 is 28.4 Å². The molecule has 216 valence electrons. The largest absolute Gasteiger partial charge is 0.492 e. The highest BCUT2D eigenvalue weighted by Gasteiger charge is 2.61. The third-order valence-electron chi connectivity index (χ3n) is 6.19. The third kappa shape index (κ3) is 7.51. The first kappa shape index (κ1) is 30.9. The molecular weight excluding hydrogens is 544 g/mol. The number of rotatable bonds is 10. The molecule has 1 heterocycles. The first-order valence-electron chi connectivity index (χ1n) is 12.8. The molecule has 40 heavy (non-hydrogen) atoms. The van der Waals surface area contributed by atoms with Crippen molar-refractivity contribution in [1.29, 1.82) is 0 Å². The number of ether oxygens (including phenoxy) is 6. The van der Waals surface area contributed by atoms with Crippen LogP contribution < -0.4 is 4.74 Å². The van der Waals surface area contributed by atoms with Gasteiger partial charge in [0.25, 0.3) is 0 Å². The van der Waals surface area contributed by atoms with E-state index in [1.807, 2.05) is 6.92 Å². The zero-order valence-electron chi connectivity index (χ0n) is 23.0. The summed E-state index contributed by atoms with van der Waals surface area (Å²) in [5.41, 5.74) is -0.455. The van der Waals surface area contributed by atoms with E-state index in [-0.39, 0.29) is 6.42 Å². The van der Waals surface area contributed by atoms with Crippen molar-refractivity contribution in [2.75, 3.05) is 13.2 Å². The normalized spacial score (nSPS) is 23.9. The highest BCUT2D eigenvalue weighted by atomic mass is 35.5. The highest BCUT2D eigenvalue weighted by Crippen LogP contribution is 2.44. The molecule has 2 aromatic rings. The molecule has 1 aliphatic rings. The van der Waals surface area contributed by atoms with Crippen molar-refractivity contribution in [1.82, 2.24) is 0 Å². The van der Waals surface area contributed by atoms with Crippen LogP contribution in [-0.2, 0) is 54.9 Å². The maximum Gasteiger partial charge on any atom is 0.303 e. The molecule has 1 aliphatic heterocycles. The molecule has 11 heteroatoms.